The number of carboxylic acids is 1. The van der Waals surface area contributed by atoms with Gasteiger partial charge < -0.3 is 29.8 Å². The second-order valence-corrected chi connectivity index (χ2v) is 10.9. The number of nitrogens with two attached hydrogens (primary N) is 1. The number of rotatable bonds is 16. The molecule has 0 aromatic heterocycles. The number of esters is 2. The number of hydrogen-bond donors (Lipinski definition) is 2. The lowest BCUT2D eigenvalue weighted by molar-refractivity contribution is -0.141. The highest BCUT2D eigenvalue weighted by Gasteiger charge is 2.33. The van der Waals surface area contributed by atoms with Gasteiger partial charge in [-0.25, -0.2) is 4.79 Å². The molecule has 0 bridgehead atoms. The summed E-state index contributed by atoms with van der Waals surface area (Å²) in [4.78, 5) is 49.5. The monoisotopic (exact) mass is 565 g/mol. The topological polar surface area (TPSA) is 151 Å². The summed E-state index contributed by atoms with van der Waals surface area (Å²) in [6.45, 7) is 14.5. The molecule has 5 unspecified atom stereocenters. The predicted octanol–water partition coefficient (Wildman–Crippen LogP) is 5.70. The van der Waals surface area contributed by atoms with Crippen molar-refractivity contribution in [3.63, 3.8) is 0 Å². The average Bonchev–Trinajstić information content (AvgIpc) is 2.88. The molecule has 226 valence electrons. The number of aliphatic carboxylic acids is 1. The van der Waals surface area contributed by atoms with Gasteiger partial charge in [0, 0.05) is 5.92 Å². The second-order valence-electron chi connectivity index (χ2n) is 10.9. The molecule has 0 aliphatic rings. The minimum absolute atomic E-state index is 0.0108. The lowest BCUT2D eigenvalue weighted by Crippen LogP contribution is -2.40. The number of hydrogen-bond acceptors (Lipinski definition) is 9. The fourth-order valence-corrected chi connectivity index (χ4v) is 4.08. The Labute approximate surface area is 237 Å². The van der Waals surface area contributed by atoms with Crippen LogP contribution in [0.1, 0.15) is 92.6 Å². The molecule has 0 spiro atoms. The van der Waals surface area contributed by atoms with Crippen LogP contribution in [0.2, 0.25) is 0 Å². The minimum Gasteiger partial charge on any atom is -0.480 e. The zero-order valence-corrected chi connectivity index (χ0v) is 25.1. The van der Waals surface area contributed by atoms with Crippen LogP contribution in [0.4, 0.5) is 4.79 Å². The number of carbonyl (C=O) groups excluding carboxylic acids is 3. The molecule has 0 aliphatic heterocycles. The van der Waals surface area contributed by atoms with Crippen molar-refractivity contribution in [3.05, 3.63) is 23.8 Å². The summed E-state index contributed by atoms with van der Waals surface area (Å²) in [7, 11) is 0. The Morgan fingerprint density at radius 3 is 1.85 bits per heavy atom. The first-order valence-corrected chi connectivity index (χ1v) is 14.1. The molecule has 6 atom stereocenters. The van der Waals surface area contributed by atoms with Gasteiger partial charge in [-0.2, -0.15) is 0 Å². The van der Waals surface area contributed by atoms with Gasteiger partial charge in [0.25, 0.3) is 0 Å². The molecule has 0 radical (unpaired) electrons. The van der Waals surface area contributed by atoms with Gasteiger partial charge in [-0.3, -0.25) is 14.4 Å². The summed E-state index contributed by atoms with van der Waals surface area (Å²) < 4.78 is 21.8. The van der Waals surface area contributed by atoms with E-state index in [1.807, 2.05) is 27.7 Å². The average molecular weight is 566 g/mol. The summed E-state index contributed by atoms with van der Waals surface area (Å²) in [6.07, 6.45) is 1.59. The van der Waals surface area contributed by atoms with Gasteiger partial charge >= 0.3 is 24.1 Å². The molecule has 10 nitrogen and oxygen atoms in total. The van der Waals surface area contributed by atoms with Crippen LogP contribution in [-0.2, 0) is 23.9 Å². The molecule has 40 heavy (non-hydrogen) atoms. The highest BCUT2D eigenvalue weighted by molar-refractivity contribution is 5.79. The van der Waals surface area contributed by atoms with Crippen molar-refractivity contribution in [2.45, 2.75) is 99.1 Å². The maximum atomic E-state index is 12.8. The Morgan fingerprint density at radius 2 is 1.38 bits per heavy atom. The molecule has 1 rings (SSSR count). The first-order chi connectivity index (χ1) is 18.7. The van der Waals surface area contributed by atoms with Crippen molar-refractivity contribution >= 4 is 24.1 Å². The standard InChI is InChI=1S/C30H47NO9/c1-9-11-18(5)28(34)39-23-14-13-22(15-24(23)40-29(35)19(6)12-10-2)25(26(31)27(32)33)20(7)16-37-30(36)38-21(8)17(3)4/h13-15,17-21,25-26H,9-12,16,31H2,1-8H3,(H,32,33)/t18?,19?,20?,21?,25?,26-/m0/s1. The SMILES string of the molecule is CCCC(C)C(=O)Oc1ccc(C(C(C)COC(=O)OC(C)C(C)C)[C@H](N)C(=O)O)cc1OC(=O)C(C)CCC. The van der Waals surface area contributed by atoms with E-state index in [4.69, 9.17) is 24.7 Å². The number of benzene rings is 1. The molecule has 1 aromatic rings. The molecule has 10 heteroatoms. The summed E-state index contributed by atoms with van der Waals surface area (Å²) in [5.41, 5.74) is 6.51. The van der Waals surface area contributed by atoms with E-state index >= 15 is 0 Å². The van der Waals surface area contributed by atoms with Gasteiger partial charge in [0.2, 0.25) is 0 Å². The Kier molecular flexibility index (Phi) is 14.7. The van der Waals surface area contributed by atoms with Gasteiger partial charge in [-0.05, 0) is 49.3 Å². The maximum absolute atomic E-state index is 12.8. The van der Waals surface area contributed by atoms with Gasteiger partial charge in [0.1, 0.15) is 12.1 Å². The van der Waals surface area contributed by atoms with Gasteiger partial charge in [0.05, 0.1) is 18.4 Å². The first-order valence-electron chi connectivity index (χ1n) is 14.1. The summed E-state index contributed by atoms with van der Waals surface area (Å²) in [5.74, 6) is -4.27. The van der Waals surface area contributed by atoms with Gasteiger partial charge in [-0.1, -0.05) is 67.4 Å². The van der Waals surface area contributed by atoms with Crippen molar-refractivity contribution in [2.75, 3.05) is 6.61 Å². The number of ether oxygens (including phenoxy) is 4. The fourth-order valence-electron chi connectivity index (χ4n) is 4.08. The van der Waals surface area contributed by atoms with Crippen LogP contribution in [0.15, 0.2) is 18.2 Å². The molecule has 0 aliphatic carbocycles. The van der Waals surface area contributed by atoms with E-state index in [0.29, 0.717) is 18.4 Å². The van der Waals surface area contributed by atoms with Crippen LogP contribution in [0.3, 0.4) is 0 Å². The third-order valence-electron chi connectivity index (χ3n) is 6.99. The van der Waals surface area contributed by atoms with E-state index in [2.05, 4.69) is 0 Å². The van der Waals surface area contributed by atoms with Crippen molar-refractivity contribution in [1.82, 2.24) is 0 Å². The quantitative estimate of drug-likeness (QED) is 0.189. The van der Waals surface area contributed by atoms with Crippen molar-refractivity contribution in [3.8, 4) is 11.5 Å². The normalized spacial score (nSPS) is 15.8. The van der Waals surface area contributed by atoms with Crippen LogP contribution in [-0.4, -0.2) is 47.9 Å². The Balaban J connectivity index is 3.37. The maximum Gasteiger partial charge on any atom is 0.508 e. The molecule has 0 saturated carbocycles. The predicted molar refractivity (Wildman–Crippen MR) is 150 cm³/mol. The van der Waals surface area contributed by atoms with Crippen molar-refractivity contribution in [1.29, 1.82) is 0 Å². The molecule has 0 amide bonds. The van der Waals surface area contributed by atoms with E-state index in [1.54, 1.807) is 33.8 Å². The Bertz CT molecular complexity index is 993. The smallest absolute Gasteiger partial charge is 0.480 e. The third-order valence-corrected chi connectivity index (χ3v) is 6.99. The molecule has 1 aromatic carbocycles. The first kappa shape index (κ1) is 34.9. The van der Waals surface area contributed by atoms with E-state index in [1.165, 1.54) is 12.1 Å². The molecule has 3 N–H and O–H groups in total. The highest BCUT2D eigenvalue weighted by Crippen LogP contribution is 2.36. The van der Waals surface area contributed by atoms with Gasteiger partial charge in [0.15, 0.2) is 11.5 Å². The van der Waals surface area contributed by atoms with E-state index in [0.717, 1.165) is 12.8 Å². The molecule has 0 heterocycles. The van der Waals surface area contributed by atoms with Crippen LogP contribution >= 0.6 is 0 Å². The minimum atomic E-state index is -1.37. The largest absolute Gasteiger partial charge is 0.508 e. The number of carbonyl (C=O) groups is 4. The molecule has 0 saturated heterocycles. The summed E-state index contributed by atoms with van der Waals surface area (Å²) in [6, 6.07) is 3.13. The van der Waals surface area contributed by atoms with Crippen LogP contribution in [0.5, 0.6) is 11.5 Å². The lowest BCUT2D eigenvalue weighted by Gasteiger charge is -2.28. The fraction of sp³-hybridized carbons (Fsp3) is 0.667. The van der Waals surface area contributed by atoms with Crippen LogP contribution < -0.4 is 15.2 Å². The molecule has 0 fully saturated rings. The van der Waals surface area contributed by atoms with Gasteiger partial charge in [-0.15, -0.1) is 0 Å². The van der Waals surface area contributed by atoms with Crippen molar-refractivity contribution in [2.24, 2.45) is 29.4 Å². The zero-order valence-electron chi connectivity index (χ0n) is 25.1. The van der Waals surface area contributed by atoms with E-state index in [-0.39, 0.29) is 36.0 Å². The second kappa shape index (κ2) is 16.8. The Hall–Kier alpha value is -3.14. The summed E-state index contributed by atoms with van der Waals surface area (Å²) in [5, 5.41) is 9.74. The van der Waals surface area contributed by atoms with E-state index < -0.39 is 47.9 Å². The Morgan fingerprint density at radius 1 is 0.850 bits per heavy atom. The zero-order chi connectivity index (χ0) is 30.6. The molecular formula is C30H47NO9. The molecular weight excluding hydrogens is 518 g/mol. The highest BCUT2D eigenvalue weighted by atomic mass is 16.7. The van der Waals surface area contributed by atoms with Crippen LogP contribution in [0.25, 0.3) is 0 Å². The van der Waals surface area contributed by atoms with Crippen LogP contribution in [0, 0.1) is 23.7 Å². The summed E-state index contributed by atoms with van der Waals surface area (Å²) >= 11 is 0. The van der Waals surface area contributed by atoms with E-state index in [9.17, 15) is 24.3 Å². The number of carboxylic acid groups (broad SMARTS) is 1. The third kappa shape index (κ3) is 10.8. The lowest BCUT2D eigenvalue weighted by atomic mass is 9.82. The van der Waals surface area contributed by atoms with Crippen molar-refractivity contribution < 1.29 is 43.2 Å².